The van der Waals surface area contributed by atoms with Gasteiger partial charge in [-0.3, -0.25) is 4.90 Å². The highest BCUT2D eigenvalue weighted by molar-refractivity contribution is 9.10. The number of hydrogen-bond acceptors (Lipinski definition) is 2. The molecule has 1 aliphatic rings. The van der Waals surface area contributed by atoms with Crippen molar-refractivity contribution in [2.45, 2.75) is 38.8 Å². The molecule has 0 spiro atoms. The Morgan fingerprint density at radius 1 is 0.677 bits per heavy atom. The highest BCUT2D eigenvalue weighted by Gasteiger charge is 2.22. The Morgan fingerprint density at radius 3 is 1.77 bits per heavy atom. The maximum Gasteiger partial charge on any atom is 0.0237 e. The largest absolute Gasteiger partial charge is 0.330 e. The van der Waals surface area contributed by atoms with Crippen molar-refractivity contribution in [3.63, 3.8) is 0 Å². The molecule has 0 amide bonds. The van der Waals surface area contributed by atoms with Gasteiger partial charge in [0.15, 0.2) is 0 Å². The number of halogens is 1. The van der Waals surface area contributed by atoms with E-state index in [0.717, 1.165) is 42.5 Å². The van der Waals surface area contributed by atoms with Gasteiger partial charge in [-0.05, 0) is 78.5 Å². The zero-order valence-electron chi connectivity index (χ0n) is 18.2. The Balaban J connectivity index is 1.45. The molecule has 4 rings (SSSR count). The lowest BCUT2D eigenvalue weighted by Crippen LogP contribution is -2.32. The van der Waals surface area contributed by atoms with E-state index in [1.165, 1.54) is 47.9 Å². The minimum Gasteiger partial charge on any atom is -0.330 e. The Kier molecular flexibility index (Phi) is 7.96. The van der Waals surface area contributed by atoms with Crippen molar-refractivity contribution in [1.82, 2.24) is 4.90 Å². The third-order valence-electron chi connectivity index (χ3n) is 6.60. The van der Waals surface area contributed by atoms with Crippen LogP contribution in [0.1, 0.15) is 36.8 Å². The SMILES string of the molecule is NCC1CCC(CN(Cc2ccc(Br)cc2)Cc2ccc(-c3ccccc3)cc2)CC1. The number of nitrogens with zero attached hydrogens (tertiary/aromatic N) is 1. The molecule has 3 aromatic rings. The standard InChI is InChI=1S/C28H33BrN2/c29-28-16-12-25(13-17-28)21-31(19-23-8-6-22(18-30)7-9-23)20-24-10-14-27(15-11-24)26-4-2-1-3-5-26/h1-5,10-17,22-23H,6-9,18-21,30H2. The molecular weight excluding hydrogens is 444 g/mol. The first-order valence-electron chi connectivity index (χ1n) is 11.5. The average Bonchev–Trinajstić information content (AvgIpc) is 2.82. The first-order valence-corrected chi connectivity index (χ1v) is 12.3. The minimum atomic E-state index is 0.738. The molecule has 1 fully saturated rings. The van der Waals surface area contributed by atoms with Crippen molar-refractivity contribution in [3.8, 4) is 11.1 Å². The summed E-state index contributed by atoms with van der Waals surface area (Å²) in [5.74, 6) is 1.52. The predicted molar refractivity (Wildman–Crippen MR) is 135 cm³/mol. The van der Waals surface area contributed by atoms with Crippen molar-refractivity contribution in [3.05, 3.63) is 94.5 Å². The summed E-state index contributed by atoms with van der Waals surface area (Å²) in [7, 11) is 0. The molecule has 0 aliphatic heterocycles. The molecule has 0 radical (unpaired) electrons. The van der Waals surface area contributed by atoms with Crippen LogP contribution in [0.15, 0.2) is 83.3 Å². The molecule has 0 unspecified atom stereocenters. The molecule has 2 N–H and O–H groups in total. The molecule has 0 saturated heterocycles. The molecule has 1 aliphatic carbocycles. The second kappa shape index (κ2) is 11.1. The van der Waals surface area contributed by atoms with Crippen molar-refractivity contribution >= 4 is 15.9 Å². The van der Waals surface area contributed by atoms with E-state index < -0.39 is 0 Å². The topological polar surface area (TPSA) is 29.3 Å². The highest BCUT2D eigenvalue weighted by Crippen LogP contribution is 2.30. The predicted octanol–water partition coefficient (Wildman–Crippen LogP) is 6.88. The maximum atomic E-state index is 5.91. The summed E-state index contributed by atoms with van der Waals surface area (Å²) in [6.45, 7) is 3.99. The lowest BCUT2D eigenvalue weighted by Gasteiger charge is -2.32. The van der Waals surface area contributed by atoms with Crippen LogP contribution in [-0.4, -0.2) is 18.0 Å². The molecule has 0 atom stereocenters. The summed E-state index contributed by atoms with van der Waals surface area (Å²) in [6, 6.07) is 28.5. The fraction of sp³-hybridized carbons (Fsp3) is 0.357. The van der Waals surface area contributed by atoms with Crippen molar-refractivity contribution in [2.24, 2.45) is 17.6 Å². The second-order valence-electron chi connectivity index (χ2n) is 8.98. The van der Waals surface area contributed by atoms with Crippen LogP contribution in [0.3, 0.4) is 0 Å². The molecule has 1 saturated carbocycles. The smallest absolute Gasteiger partial charge is 0.0237 e. The van der Waals surface area contributed by atoms with Crippen molar-refractivity contribution < 1.29 is 0 Å². The third kappa shape index (κ3) is 6.52. The van der Waals surface area contributed by atoms with Gasteiger partial charge in [-0.25, -0.2) is 0 Å². The zero-order chi connectivity index (χ0) is 21.5. The third-order valence-corrected chi connectivity index (χ3v) is 7.13. The monoisotopic (exact) mass is 476 g/mol. The molecule has 31 heavy (non-hydrogen) atoms. The quantitative estimate of drug-likeness (QED) is 0.383. The van der Waals surface area contributed by atoms with E-state index in [-0.39, 0.29) is 0 Å². The van der Waals surface area contributed by atoms with Gasteiger partial charge in [0.2, 0.25) is 0 Å². The summed E-state index contributed by atoms with van der Waals surface area (Å²) < 4.78 is 1.14. The van der Waals surface area contributed by atoms with Crippen LogP contribution in [-0.2, 0) is 13.1 Å². The molecule has 0 bridgehead atoms. The van der Waals surface area contributed by atoms with Crippen molar-refractivity contribution in [1.29, 1.82) is 0 Å². The fourth-order valence-corrected chi connectivity index (χ4v) is 5.00. The number of hydrogen-bond donors (Lipinski definition) is 1. The molecule has 162 valence electrons. The Hall–Kier alpha value is -1.94. The van der Waals surface area contributed by atoms with Crippen LogP contribution in [0, 0.1) is 11.8 Å². The summed E-state index contributed by atoms with van der Waals surface area (Å²) in [4.78, 5) is 2.63. The first kappa shape index (κ1) is 22.3. The van der Waals surface area contributed by atoms with Gasteiger partial charge in [0.05, 0.1) is 0 Å². The second-order valence-corrected chi connectivity index (χ2v) is 9.90. The first-order chi connectivity index (χ1) is 15.2. The minimum absolute atomic E-state index is 0.738. The molecule has 2 nitrogen and oxygen atoms in total. The van der Waals surface area contributed by atoms with Gasteiger partial charge in [0, 0.05) is 24.1 Å². The van der Waals surface area contributed by atoms with Crippen LogP contribution in [0.2, 0.25) is 0 Å². The molecule has 0 aromatic heterocycles. The van der Waals surface area contributed by atoms with Gasteiger partial charge in [0.1, 0.15) is 0 Å². The lowest BCUT2D eigenvalue weighted by atomic mass is 9.82. The van der Waals surface area contributed by atoms with Crippen LogP contribution in [0.25, 0.3) is 11.1 Å². The van der Waals surface area contributed by atoms with E-state index in [9.17, 15) is 0 Å². The van der Waals surface area contributed by atoms with E-state index in [1.54, 1.807) is 0 Å². The van der Waals surface area contributed by atoms with E-state index in [2.05, 4.69) is 99.7 Å². The molecule has 3 heteroatoms. The summed E-state index contributed by atoms with van der Waals surface area (Å²) in [5.41, 5.74) is 11.2. The molecule has 3 aromatic carbocycles. The fourth-order valence-electron chi connectivity index (χ4n) is 4.74. The maximum absolute atomic E-state index is 5.91. The summed E-state index contributed by atoms with van der Waals surface area (Å²) in [5, 5.41) is 0. The van der Waals surface area contributed by atoms with Gasteiger partial charge >= 0.3 is 0 Å². The van der Waals surface area contributed by atoms with Gasteiger partial charge in [-0.15, -0.1) is 0 Å². The van der Waals surface area contributed by atoms with Gasteiger partial charge < -0.3 is 5.73 Å². The normalized spacial score (nSPS) is 18.9. The lowest BCUT2D eigenvalue weighted by molar-refractivity contribution is 0.170. The van der Waals surface area contributed by atoms with Crippen LogP contribution in [0.4, 0.5) is 0 Å². The van der Waals surface area contributed by atoms with E-state index >= 15 is 0 Å². The van der Waals surface area contributed by atoms with Gasteiger partial charge in [-0.2, -0.15) is 0 Å². The zero-order valence-corrected chi connectivity index (χ0v) is 19.8. The molecular formula is C28H33BrN2. The van der Waals surface area contributed by atoms with Gasteiger partial charge in [-0.1, -0.05) is 82.7 Å². The molecule has 0 heterocycles. The van der Waals surface area contributed by atoms with E-state index in [1.807, 2.05) is 0 Å². The number of nitrogens with two attached hydrogens (primary N) is 1. The Labute approximate surface area is 195 Å². The Morgan fingerprint density at radius 2 is 1.19 bits per heavy atom. The summed E-state index contributed by atoms with van der Waals surface area (Å²) >= 11 is 3.56. The van der Waals surface area contributed by atoms with Crippen LogP contribution < -0.4 is 5.73 Å². The summed E-state index contributed by atoms with van der Waals surface area (Å²) in [6.07, 6.45) is 5.20. The van der Waals surface area contributed by atoms with Crippen molar-refractivity contribution in [2.75, 3.05) is 13.1 Å². The van der Waals surface area contributed by atoms with Gasteiger partial charge in [0.25, 0.3) is 0 Å². The van der Waals surface area contributed by atoms with Crippen LogP contribution >= 0.6 is 15.9 Å². The number of benzene rings is 3. The highest BCUT2D eigenvalue weighted by atomic mass is 79.9. The average molecular weight is 477 g/mol. The van der Waals surface area contributed by atoms with Crippen LogP contribution in [0.5, 0.6) is 0 Å². The van der Waals surface area contributed by atoms with E-state index in [4.69, 9.17) is 5.73 Å². The Bertz CT molecular complexity index is 913. The van der Waals surface area contributed by atoms with E-state index in [0.29, 0.717) is 0 Å². The number of rotatable bonds is 8.